The maximum absolute atomic E-state index is 11.8. The molecule has 0 aliphatic heterocycles. The molecule has 0 saturated heterocycles. The van der Waals surface area contributed by atoms with Gasteiger partial charge >= 0.3 is 5.97 Å². The minimum atomic E-state index is -3.46. The van der Waals surface area contributed by atoms with Gasteiger partial charge in [0, 0.05) is 6.26 Å². The monoisotopic (exact) mass is 255 g/mol. The molecule has 0 heterocycles. The molecule has 0 saturated carbocycles. The fraction of sp³-hybridized carbons (Fsp3) is 0.417. The topological polar surface area (TPSA) is 60.4 Å². The third-order valence-corrected chi connectivity index (χ3v) is 3.24. The van der Waals surface area contributed by atoms with E-state index in [4.69, 9.17) is 4.74 Å². The van der Waals surface area contributed by atoms with Gasteiger partial charge in [0.2, 0.25) is 0 Å². The highest BCUT2D eigenvalue weighted by molar-refractivity contribution is 7.90. The maximum Gasteiger partial charge on any atom is 0.340 e. The van der Waals surface area contributed by atoms with Crippen LogP contribution in [0.1, 0.15) is 29.8 Å². The normalized spacial score (nSPS) is 11.6. The van der Waals surface area contributed by atoms with Crippen molar-refractivity contribution in [3.63, 3.8) is 0 Å². The van der Waals surface area contributed by atoms with Crippen molar-refractivity contribution in [3.8, 4) is 0 Å². The molecule has 0 fully saturated rings. The lowest BCUT2D eigenvalue weighted by molar-refractivity contribution is 0.0372. The van der Waals surface area contributed by atoms with Gasteiger partial charge < -0.3 is 4.74 Å². The molecule has 0 aromatic heterocycles. The van der Waals surface area contributed by atoms with E-state index in [9.17, 15) is 13.2 Å². The van der Waals surface area contributed by atoms with Crippen LogP contribution in [0, 0.1) is 13.0 Å². The SMILES string of the molecule is Cc1[c]ccc(S(C)(=O)=O)c1C(=O)OC(C)C. The fourth-order valence-corrected chi connectivity index (χ4v) is 2.34. The van der Waals surface area contributed by atoms with Gasteiger partial charge in [0.25, 0.3) is 0 Å². The Kier molecular flexibility index (Phi) is 3.93. The van der Waals surface area contributed by atoms with Gasteiger partial charge in [-0.2, -0.15) is 0 Å². The number of aryl methyl sites for hydroxylation is 1. The van der Waals surface area contributed by atoms with E-state index in [1.807, 2.05) is 0 Å². The molecular weight excluding hydrogens is 240 g/mol. The Morgan fingerprint density at radius 2 is 2.00 bits per heavy atom. The van der Waals surface area contributed by atoms with Gasteiger partial charge in [0.05, 0.1) is 16.6 Å². The first-order chi connectivity index (χ1) is 7.73. The molecular formula is C12H15O4S. The first-order valence-electron chi connectivity index (χ1n) is 5.16. The van der Waals surface area contributed by atoms with Crippen molar-refractivity contribution in [3.05, 3.63) is 29.3 Å². The average molecular weight is 255 g/mol. The Morgan fingerprint density at radius 3 is 2.47 bits per heavy atom. The van der Waals surface area contributed by atoms with Gasteiger partial charge in [-0.15, -0.1) is 0 Å². The number of hydrogen-bond donors (Lipinski definition) is 0. The summed E-state index contributed by atoms with van der Waals surface area (Å²) in [5.41, 5.74) is 0.544. The summed E-state index contributed by atoms with van der Waals surface area (Å²) >= 11 is 0. The van der Waals surface area contributed by atoms with E-state index in [1.54, 1.807) is 20.8 Å². The van der Waals surface area contributed by atoms with Crippen LogP contribution in [0.3, 0.4) is 0 Å². The molecule has 1 aromatic rings. The van der Waals surface area contributed by atoms with Gasteiger partial charge in [0.15, 0.2) is 9.84 Å². The molecule has 0 aliphatic carbocycles. The number of benzene rings is 1. The summed E-state index contributed by atoms with van der Waals surface area (Å²) in [5.74, 6) is -0.630. The van der Waals surface area contributed by atoms with E-state index < -0.39 is 15.8 Å². The van der Waals surface area contributed by atoms with Crippen LogP contribution in [0.15, 0.2) is 17.0 Å². The summed E-state index contributed by atoms with van der Waals surface area (Å²) in [6, 6.07) is 5.65. The predicted molar refractivity (Wildman–Crippen MR) is 63.7 cm³/mol. The molecule has 0 spiro atoms. The number of carbonyl (C=O) groups excluding carboxylic acids is 1. The number of ether oxygens (including phenoxy) is 1. The number of sulfone groups is 1. The highest BCUT2D eigenvalue weighted by Crippen LogP contribution is 2.20. The zero-order valence-electron chi connectivity index (χ0n) is 10.3. The molecule has 1 aromatic carbocycles. The van der Waals surface area contributed by atoms with E-state index >= 15 is 0 Å². The molecule has 0 unspecified atom stereocenters. The summed E-state index contributed by atoms with van der Waals surface area (Å²) in [4.78, 5) is 11.8. The summed E-state index contributed by atoms with van der Waals surface area (Å²) in [6.45, 7) is 5.05. The molecule has 0 N–H and O–H groups in total. The molecule has 0 atom stereocenters. The van der Waals surface area contributed by atoms with Crippen LogP contribution in [0.5, 0.6) is 0 Å². The molecule has 93 valence electrons. The molecule has 0 amide bonds. The summed E-state index contributed by atoms with van der Waals surface area (Å²) in [7, 11) is -3.46. The number of carbonyl (C=O) groups is 1. The van der Waals surface area contributed by atoms with Gasteiger partial charge in [-0.1, -0.05) is 6.07 Å². The lowest BCUT2D eigenvalue weighted by atomic mass is 10.1. The third kappa shape index (κ3) is 3.30. The first kappa shape index (κ1) is 13.7. The van der Waals surface area contributed by atoms with Crippen molar-refractivity contribution in [1.82, 2.24) is 0 Å². The van der Waals surface area contributed by atoms with E-state index in [2.05, 4.69) is 6.07 Å². The second kappa shape index (κ2) is 4.87. The van der Waals surface area contributed by atoms with E-state index in [0.29, 0.717) is 5.56 Å². The van der Waals surface area contributed by atoms with Crippen LogP contribution >= 0.6 is 0 Å². The van der Waals surface area contributed by atoms with Crippen LogP contribution in [0.25, 0.3) is 0 Å². The van der Waals surface area contributed by atoms with Crippen LogP contribution in [0.2, 0.25) is 0 Å². The second-order valence-corrected chi connectivity index (χ2v) is 6.05. The molecule has 17 heavy (non-hydrogen) atoms. The lowest BCUT2D eigenvalue weighted by Gasteiger charge is -2.12. The summed E-state index contributed by atoms with van der Waals surface area (Å²) < 4.78 is 28.2. The zero-order valence-corrected chi connectivity index (χ0v) is 11.1. The molecule has 1 radical (unpaired) electrons. The van der Waals surface area contributed by atoms with Gasteiger partial charge in [0.1, 0.15) is 0 Å². The van der Waals surface area contributed by atoms with Gasteiger partial charge in [-0.3, -0.25) is 0 Å². The van der Waals surface area contributed by atoms with Crippen LogP contribution in [-0.2, 0) is 14.6 Å². The average Bonchev–Trinajstić information content (AvgIpc) is 2.14. The van der Waals surface area contributed by atoms with Crippen molar-refractivity contribution in [2.24, 2.45) is 0 Å². The molecule has 0 bridgehead atoms. The van der Waals surface area contributed by atoms with E-state index in [-0.39, 0.29) is 16.6 Å². The van der Waals surface area contributed by atoms with Crippen molar-refractivity contribution in [2.45, 2.75) is 31.8 Å². The number of rotatable bonds is 3. The zero-order chi connectivity index (χ0) is 13.2. The van der Waals surface area contributed by atoms with Crippen LogP contribution in [-0.4, -0.2) is 26.7 Å². The maximum atomic E-state index is 11.8. The highest BCUT2D eigenvalue weighted by atomic mass is 32.2. The summed E-state index contributed by atoms with van der Waals surface area (Å²) in [6.07, 6.45) is 0.767. The van der Waals surface area contributed by atoms with Crippen LogP contribution in [0.4, 0.5) is 0 Å². The lowest BCUT2D eigenvalue weighted by Crippen LogP contribution is -2.16. The van der Waals surface area contributed by atoms with Crippen molar-refractivity contribution in [1.29, 1.82) is 0 Å². The Morgan fingerprint density at radius 1 is 1.41 bits per heavy atom. The van der Waals surface area contributed by atoms with Crippen molar-refractivity contribution >= 4 is 15.8 Å². The first-order valence-corrected chi connectivity index (χ1v) is 7.05. The molecule has 5 heteroatoms. The minimum absolute atomic E-state index is 0.0144. The second-order valence-electron chi connectivity index (χ2n) is 4.07. The summed E-state index contributed by atoms with van der Waals surface area (Å²) in [5, 5.41) is 0. The molecule has 4 nitrogen and oxygen atoms in total. The highest BCUT2D eigenvalue weighted by Gasteiger charge is 2.22. The Hall–Kier alpha value is -1.36. The van der Waals surface area contributed by atoms with Crippen molar-refractivity contribution in [2.75, 3.05) is 6.26 Å². The Balaban J connectivity index is 3.36. The third-order valence-electron chi connectivity index (χ3n) is 2.10. The quantitative estimate of drug-likeness (QED) is 0.772. The standard InChI is InChI=1S/C12H15O4S/c1-8(2)16-12(13)11-9(3)6-5-7-10(11)17(4,14)15/h5,7-8H,1-4H3. The van der Waals surface area contributed by atoms with Crippen LogP contribution < -0.4 is 0 Å². The Labute approximate surface area is 102 Å². The minimum Gasteiger partial charge on any atom is -0.459 e. The van der Waals surface area contributed by atoms with E-state index in [0.717, 1.165) is 6.26 Å². The van der Waals surface area contributed by atoms with Gasteiger partial charge in [-0.25, -0.2) is 13.2 Å². The van der Waals surface area contributed by atoms with Gasteiger partial charge in [-0.05, 0) is 38.5 Å². The number of hydrogen-bond acceptors (Lipinski definition) is 4. The smallest absolute Gasteiger partial charge is 0.340 e. The fourth-order valence-electron chi connectivity index (χ4n) is 1.42. The molecule has 1 rings (SSSR count). The van der Waals surface area contributed by atoms with E-state index in [1.165, 1.54) is 12.1 Å². The predicted octanol–water partition coefficient (Wildman–Crippen LogP) is 1.76. The Bertz CT molecular complexity index is 529. The molecule has 0 aliphatic rings. The largest absolute Gasteiger partial charge is 0.459 e. The number of esters is 1. The van der Waals surface area contributed by atoms with Crippen molar-refractivity contribution < 1.29 is 17.9 Å².